The van der Waals surface area contributed by atoms with Crippen LogP contribution in [0, 0.1) is 25.7 Å². The van der Waals surface area contributed by atoms with Gasteiger partial charge in [0.2, 0.25) is 0 Å². The molecule has 0 saturated heterocycles. The summed E-state index contributed by atoms with van der Waals surface area (Å²) < 4.78 is 5.96. The summed E-state index contributed by atoms with van der Waals surface area (Å²) in [5, 5.41) is 4.15. The Morgan fingerprint density at radius 1 is 1.03 bits per heavy atom. The van der Waals surface area contributed by atoms with Gasteiger partial charge in [-0.05, 0) is 80.8 Å². The number of fused-ring (bicyclic) bond motifs is 1. The van der Waals surface area contributed by atoms with E-state index in [1.807, 2.05) is 62.4 Å². The maximum absolute atomic E-state index is 12.2. The number of carbonyl (C=O) groups excluding carboxylic acids is 1. The van der Waals surface area contributed by atoms with Gasteiger partial charge in [-0.25, -0.2) is 9.97 Å². The van der Waals surface area contributed by atoms with Crippen LogP contribution in [0.4, 0.5) is 17.2 Å². The lowest BCUT2D eigenvalue weighted by molar-refractivity contribution is -0.113. The molecule has 1 N–H and O–H groups in total. The molecule has 0 radical (unpaired) electrons. The van der Waals surface area contributed by atoms with Crippen LogP contribution in [-0.2, 0) is 4.79 Å². The number of carbonyl (C=O) groups is 1. The Balaban J connectivity index is 1.60. The van der Waals surface area contributed by atoms with Gasteiger partial charge in [0.1, 0.15) is 23.6 Å². The summed E-state index contributed by atoms with van der Waals surface area (Å²) in [6.45, 7) is 5.55. The molecule has 0 bridgehead atoms. The number of benzene rings is 2. The number of anilines is 3. The Bertz CT molecular complexity index is 1390. The second-order valence-corrected chi connectivity index (χ2v) is 7.51. The monoisotopic (exact) mass is 437 g/mol. The highest BCUT2D eigenvalue weighted by Crippen LogP contribution is 2.30. The summed E-state index contributed by atoms with van der Waals surface area (Å²) in [6, 6.07) is 15.2. The van der Waals surface area contributed by atoms with Crippen LogP contribution in [-0.4, -0.2) is 27.9 Å². The van der Waals surface area contributed by atoms with E-state index in [1.54, 1.807) is 20.2 Å². The molecule has 0 aliphatic rings. The number of nitrogens with one attached hydrogen (secondary N) is 1. The van der Waals surface area contributed by atoms with Crippen LogP contribution in [0.25, 0.3) is 10.9 Å². The minimum atomic E-state index is -0.279. The molecule has 4 aromatic rings. The van der Waals surface area contributed by atoms with Gasteiger partial charge in [0.05, 0.1) is 11.7 Å². The van der Waals surface area contributed by atoms with Gasteiger partial charge >= 0.3 is 5.91 Å². The van der Waals surface area contributed by atoms with Crippen molar-refractivity contribution < 1.29 is 9.53 Å². The fourth-order valence-electron chi connectivity index (χ4n) is 3.28. The third-order valence-corrected chi connectivity index (χ3v) is 5.09. The Hall–Kier alpha value is -4.44. The predicted octanol–water partition coefficient (Wildman–Crippen LogP) is 5.16. The fraction of sp³-hybridized carbons (Fsp3) is 0.154. The zero-order chi connectivity index (χ0) is 23.4. The molecule has 0 fully saturated rings. The molecule has 0 saturated carbocycles. The van der Waals surface area contributed by atoms with E-state index < -0.39 is 0 Å². The highest BCUT2D eigenvalue weighted by molar-refractivity contribution is 6.06. The van der Waals surface area contributed by atoms with E-state index in [1.165, 1.54) is 11.2 Å². The second kappa shape index (κ2) is 9.37. The molecule has 33 heavy (non-hydrogen) atoms. The van der Waals surface area contributed by atoms with Crippen molar-refractivity contribution in [1.82, 2.24) is 15.0 Å². The largest absolute Gasteiger partial charge is 0.455 e. The molecule has 7 heteroatoms. The van der Waals surface area contributed by atoms with E-state index in [2.05, 4.69) is 32.1 Å². The Labute approximate surface area is 192 Å². The highest BCUT2D eigenvalue weighted by Gasteiger charge is 2.12. The average Bonchev–Trinajstić information content (AvgIpc) is 2.82. The molecule has 4 rings (SSSR count). The first kappa shape index (κ1) is 21.8. The zero-order valence-corrected chi connectivity index (χ0v) is 18.9. The summed E-state index contributed by atoms with van der Waals surface area (Å²) in [5.41, 5.74) is 4.23. The molecule has 0 unspecified atom stereocenters. The molecule has 7 nitrogen and oxygen atoms in total. The number of aromatic nitrogens is 3. The summed E-state index contributed by atoms with van der Waals surface area (Å²) in [5.74, 6) is 6.98. The van der Waals surface area contributed by atoms with Gasteiger partial charge in [-0.2, -0.15) is 0 Å². The van der Waals surface area contributed by atoms with Gasteiger partial charge in [0.15, 0.2) is 0 Å². The molecule has 0 spiro atoms. The predicted molar refractivity (Wildman–Crippen MR) is 130 cm³/mol. The number of aryl methyl sites for hydroxylation is 2. The van der Waals surface area contributed by atoms with Gasteiger partial charge < -0.3 is 15.0 Å². The summed E-state index contributed by atoms with van der Waals surface area (Å²) in [4.78, 5) is 26.7. The molecule has 0 aliphatic carbocycles. The summed E-state index contributed by atoms with van der Waals surface area (Å²) >= 11 is 0. The van der Waals surface area contributed by atoms with Gasteiger partial charge in [-0.1, -0.05) is 5.92 Å². The summed E-state index contributed by atoms with van der Waals surface area (Å²) in [6.07, 6.45) is 3.22. The average molecular weight is 438 g/mol. The fourth-order valence-corrected chi connectivity index (χ4v) is 3.28. The first-order chi connectivity index (χ1) is 15.9. The van der Waals surface area contributed by atoms with Crippen LogP contribution in [0.3, 0.4) is 0 Å². The minimum Gasteiger partial charge on any atom is -0.455 e. The van der Waals surface area contributed by atoms with Crippen LogP contribution >= 0.6 is 0 Å². The van der Waals surface area contributed by atoms with Crippen LogP contribution < -0.4 is 15.0 Å². The second-order valence-electron chi connectivity index (χ2n) is 7.51. The maximum atomic E-state index is 12.2. The molecule has 164 valence electrons. The minimum absolute atomic E-state index is 0.279. The quantitative estimate of drug-likeness (QED) is 0.434. The standard InChI is InChI=1S/C26H23N5O2/c1-5-6-25(32)31(4)20-9-11-23-22(14-20)26(29-16-28-23)30-19-8-12-24(17(2)13-19)33-21-10-7-18(3)27-15-21/h7-16H,1-4H3,(H,28,29,30). The van der Waals surface area contributed by atoms with Crippen molar-refractivity contribution in [2.75, 3.05) is 17.3 Å². The smallest absolute Gasteiger partial charge is 0.302 e. The Morgan fingerprint density at radius 2 is 1.88 bits per heavy atom. The van der Waals surface area contributed by atoms with Gasteiger partial charge in [-0.3, -0.25) is 9.78 Å². The van der Waals surface area contributed by atoms with Crippen molar-refractivity contribution in [3.63, 3.8) is 0 Å². The lowest BCUT2D eigenvalue weighted by Gasteiger charge is -2.16. The van der Waals surface area contributed by atoms with Crippen molar-refractivity contribution in [3.8, 4) is 23.3 Å². The molecule has 2 aromatic heterocycles. The van der Waals surface area contributed by atoms with E-state index in [0.717, 1.165) is 33.6 Å². The van der Waals surface area contributed by atoms with E-state index in [9.17, 15) is 4.79 Å². The first-order valence-electron chi connectivity index (χ1n) is 10.4. The van der Waals surface area contributed by atoms with Gasteiger partial charge in [0.25, 0.3) is 0 Å². The molecular formula is C26H23N5O2. The Kier molecular flexibility index (Phi) is 6.18. The normalized spacial score (nSPS) is 10.3. The van der Waals surface area contributed by atoms with Crippen LogP contribution in [0.15, 0.2) is 61.1 Å². The number of hydrogen-bond donors (Lipinski definition) is 1. The van der Waals surface area contributed by atoms with Crippen molar-refractivity contribution in [3.05, 3.63) is 72.3 Å². The molecule has 2 aromatic carbocycles. The SMILES string of the molecule is CC#CC(=O)N(C)c1ccc2ncnc(Nc3ccc(Oc4ccc(C)nc4)c(C)c3)c2c1. The number of rotatable bonds is 5. The lowest BCUT2D eigenvalue weighted by Crippen LogP contribution is -2.24. The summed E-state index contributed by atoms with van der Waals surface area (Å²) in [7, 11) is 1.69. The third-order valence-electron chi connectivity index (χ3n) is 5.09. The lowest BCUT2D eigenvalue weighted by atomic mass is 10.1. The molecule has 1 amide bonds. The van der Waals surface area contributed by atoms with Crippen molar-refractivity contribution in [2.24, 2.45) is 0 Å². The number of ether oxygens (including phenoxy) is 1. The van der Waals surface area contributed by atoms with Gasteiger partial charge in [-0.15, -0.1) is 0 Å². The molecule has 2 heterocycles. The number of hydrogen-bond acceptors (Lipinski definition) is 6. The zero-order valence-electron chi connectivity index (χ0n) is 18.9. The number of nitrogens with zero attached hydrogens (tertiary/aromatic N) is 4. The Morgan fingerprint density at radius 3 is 2.61 bits per heavy atom. The van der Waals surface area contributed by atoms with Crippen molar-refractivity contribution in [2.45, 2.75) is 20.8 Å². The van der Waals surface area contributed by atoms with E-state index in [-0.39, 0.29) is 5.91 Å². The molecular weight excluding hydrogens is 414 g/mol. The van der Waals surface area contributed by atoms with E-state index >= 15 is 0 Å². The number of pyridine rings is 1. The number of amides is 1. The third kappa shape index (κ3) is 4.91. The van der Waals surface area contributed by atoms with Crippen LogP contribution in [0.1, 0.15) is 18.2 Å². The van der Waals surface area contributed by atoms with E-state index in [4.69, 9.17) is 4.74 Å². The van der Waals surface area contributed by atoms with Crippen molar-refractivity contribution >= 4 is 34.0 Å². The first-order valence-corrected chi connectivity index (χ1v) is 10.4. The van der Waals surface area contributed by atoms with Gasteiger partial charge in [0, 0.05) is 29.5 Å². The molecule has 0 atom stereocenters. The maximum Gasteiger partial charge on any atom is 0.302 e. The topological polar surface area (TPSA) is 80.2 Å². The van der Waals surface area contributed by atoms with Crippen LogP contribution in [0.5, 0.6) is 11.5 Å². The highest BCUT2D eigenvalue weighted by atomic mass is 16.5. The van der Waals surface area contributed by atoms with E-state index in [0.29, 0.717) is 17.3 Å². The van der Waals surface area contributed by atoms with Crippen LogP contribution in [0.2, 0.25) is 0 Å². The molecule has 0 aliphatic heterocycles. The van der Waals surface area contributed by atoms with Crippen molar-refractivity contribution in [1.29, 1.82) is 0 Å².